The number of hydrogen-bond acceptors (Lipinski definition) is 4. The van der Waals surface area contributed by atoms with Gasteiger partial charge in [-0.05, 0) is 55.0 Å². The Morgan fingerprint density at radius 3 is 2.66 bits per heavy atom. The minimum Gasteiger partial charge on any atom is -0.497 e. The van der Waals surface area contributed by atoms with E-state index in [1.54, 1.807) is 7.11 Å². The Kier molecular flexibility index (Phi) is 5.43. The largest absolute Gasteiger partial charge is 0.497 e. The number of aromatic nitrogens is 1. The average Bonchev–Trinajstić information content (AvgIpc) is 3.10. The van der Waals surface area contributed by atoms with Crippen LogP contribution >= 0.6 is 23.4 Å². The quantitative estimate of drug-likeness (QED) is 0.610. The van der Waals surface area contributed by atoms with E-state index in [4.69, 9.17) is 16.3 Å². The van der Waals surface area contributed by atoms with Crippen LogP contribution in [0.4, 0.5) is 10.1 Å². The van der Waals surface area contributed by atoms with Crippen LogP contribution in [-0.2, 0) is 4.79 Å². The molecular formula is C21H19ClFN3O2S. The van der Waals surface area contributed by atoms with Crippen molar-refractivity contribution in [3.05, 3.63) is 76.7 Å². The summed E-state index contributed by atoms with van der Waals surface area (Å²) >= 11 is 7.32. The van der Waals surface area contributed by atoms with Gasteiger partial charge in [0.15, 0.2) is 0 Å². The number of benzene rings is 2. The SMILES string of the molecule is COc1ccc(C2Nn3c(C)ccc3SC2C(=O)Nc2ccc(F)c(Cl)c2)cc1. The Hall–Kier alpha value is -2.64. The zero-order valence-electron chi connectivity index (χ0n) is 15.8. The first-order valence-corrected chi connectivity index (χ1v) is 10.2. The number of methoxy groups -OCH3 is 1. The van der Waals surface area contributed by atoms with E-state index >= 15 is 0 Å². The van der Waals surface area contributed by atoms with Gasteiger partial charge in [-0.3, -0.25) is 9.47 Å². The fraction of sp³-hybridized carbons (Fsp3) is 0.190. The molecule has 2 heterocycles. The van der Waals surface area contributed by atoms with E-state index < -0.39 is 11.1 Å². The number of carbonyl (C=O) groups is 1. The van der Waals surface area contributed by atoms with Crippen molar-refractivity contribution in [1.29, 1.82) is 0 Å². The third-order valence-electron chi connectivity index (χ3n) is 4.78. The van der Waals surface area contributed by atoms with Gasteiger partial charge in [-0.2, -0.15) is 0 Å². The second kappa shape index (κ2) is 8.00. The average molecular weight is 432 g/mol. The minimum absolute atomic E-state index is 0.0339. The van der Waals surface area contributed by atoms with Gasteiger partial charge in [0.2, 0.25) is 5.91 Å². The highest BCUT2D eigenvalue weighted by Gasteiger charge is 2.36. The number of nitrogens with zero attached hydrogens (tertiary/aromatic N) is 1. The molecule has 0 saturated carbocycles. The summed E-state index contributed by atoms with van der Waals surface area (Å²) in [4.78, 5) is 13.1. The van der Waals surface area contributed by atoms with Gasteiger partial charge in [0.1, 0.15) is 16.8 Å². The molecule has 150 valence electrons. The molecule has 1 aliphatic heterocycles. The van der Waals surface area contributed by atoms with Crippen molar-refractivity contribution in [3.63, 3.8) is 0 Å². The van der Waals surface area contributed by atoms with Crippen LogP contribution in [0.1, 0.15) is 17.3 Å². The predicted octanol–water partition coefficient (Wildman–Crippen LogP) is 5.00. The molecule has 2 unspecified atom stereocenters. The summed E-state index contributed by atoms with van der Waals surface area (Å²) in [6.07, 6.45) is 0. The van der Waals surface area contributed by atoms with E-state index in [9.17, 15) is 9.18 Å². The Morgan fingerprint density at radius 2 is 1.97 bits per heavy atom. The molecule has 0 spiro atoms. The fourth-order valence-electron chi connectivity index (χ4n) is 3.23. The summed E-state index contributed by atoms with van der Waals surface area (Å²) in [7, 11) is 1.61. The first-order chi connectivity index (χ1) is 14.0. The van der Waals surface area contributed by atoms with E-state index in [0.29, 0.717) is 5.69 Å². The molecule has 2 N–H and O–H groups in total. The molecule has 4 rings (SSSR count). The highest BCUT2D eigenvalue weighted by Crippen LogP contribution is 2.39. The lowest BCUT2D eigenvalue weighted by atomic mass is 10.0. The summed E-state index contributed by atoms with van der Waals surface area (Å²) in [6.45, 7) is 2.00. The number of ether oxygens (including phenoxy) is 1. The van der Waals surface area contributed by atoms with Crippen LogP contribution in [0.5, 0.6) is 5.75 Å². The Labute approximate surface area is 177 Å². The number of hydrogen-bond donors (Lipinski definition) is 2. The van der Waals surface area contributed by atoms with E-state index in [-0.39, 0.29) is 17.0 Å². The van der Waals surface area contributed by atoms with Crippen LogP contribution in [0.25, 0.3) is 0 Å². The Bertz CT molecular complexity index is 1050. The van der Waals surface area contributed by atoms with Crippen LogP contribution < -0.4 is 15.5 Å². The minimum atomic E-state index is -0.525. The lowest BCUT2D eigenvalue weighted by Gasteiger charge is -2.34. The van der Waals surface area contributed by atoms with Gasteiger partial charge >= 0.3 is 0 Å². The number of halogens is 2. The monoisotopic (exact) mass is 431 g/mol. The van der Waals surface area contributed by atoms with Crippen LogP contribution in [0.2, 0.25) is 5.02 Å². The topological polar surface area (TPSA) is 55.3 Å². The molecule has 0 aliphatic carbocycles. The molecule has 5 nitrogen and oxygen atoms in total. The summed E-state index contributed by atoms with van der Waals surface area (Å²) in [5, 5.41) is 3.32. The lowest BCUT2D eigenvalue weighted by Crippen LogP contribution is -2.41. The second-order valence-corrected chi connectivity index (χ2v) is 8.25. The van der Waals surface area contributed by atoms with Gasteiger partial charge < -0.3 is 15.5 Å². The maximum Gasteiger partial charge on any atom is 0.240 e. The third kappa shape index (κ3) is 3.93. The van der Waals surface area contributed by atoms with Gasteiger partial charge in [0.25, 0.3) is 0 Å². The lowest BCUT2D eigenvalue weighted by molar-refractivity contribution is -0.116. The van der Waals surface area contributed by atoms with Crippen molar-refractivity contribution < 1.29 is 13.9 Å². The molecule has 1 aliphatic rings. The Balaban J connectivity index is 1.65. The van der Waals surface area contributed by atoms with Crippen LogP contribution in [-0.4, -0.2) is 22.9 Å². The molecule has 29 heavy (non-hydrogen) atoms. The van der Waals surface area contributed by atoms with E-state index in [0.717, 1.165) is 22.0 Å². The highest BCUT2D eigenvalue weighted by atomic mass is 35.5. The van der Waals surface area contributed by atoms with Gasteiger partial charge in [0, 0.05) is 11.4 Å². The van der Waals surface area contributed by atoms with Gasteiger partial charge in [0.05, 0.1) is 23.2 Å². The van der Waals surface area contributed by atoms with E-state index in [1.807, 2.05) is 48.0 Å². The summed E-state index contributed by atoms with van der Waals surface area (Å²) in [5.74, 6) is 0.0240. The smallest absolute Gasteiger partial charge is 0.240 e. The zero-order chi connectivity index (χ0) is 20.5. The van der Waals surface area contributed by atoms with Crippen LogP contribution in [0.15, 0.2) is 59.6 Å². The molecule has 0 radical (unpaired) electrons. The zero-order valence-corrected chi connectivity index (χ0v) is 17.4. The molecule has 0 bridgehead atoms. The molecule has 0 saturated heterocycles. The van der Waals surface area contributed by atoms with Crippen LogP contribution in [0, 0.1) is 12.7 Å². The molecule has 3 aromatic rings. The molecule has 1 amide bonds. The van der Waals surface area contributed by atoms with Gasteiger partial charge in [-0.1, -0.05) is 35.5 Å². The maximum absolute atomic E-state index is 13.4. The van der Waals surface area contributed by atoms with Crippen LogP contribution in [0.3, 0.4) is 0 Å². The number of carbonyl (C=O) groups excluding carboxylic acids is 1. The number of nitrogens with one attached hydrogen (secondary N) is 2. The summed E-state index contributed by atoms with van der Waals surface area (Å²) in [6, 6.07) is 15.5. The third-order valence-corrected chi connectivity index (χ3v) is 6.37. The van der Waals surface area contributed by atoms with E-state index in [2.05, 4.69) is 10.7 Å². The van der Waals surface area contributed by atoms with Crippen molar-refractivity contribution in [1.82, 2.24) is 4.68 Å². The summed E-state index contributed by atoms with van der Waals surface area (Å²) in [5.41, 5.74) is 5.90. The number of amides is 1. The Morgan fingerprint density at radius 1 is 1.21 bits per heavy atom. The second-order valence-electron chi connectivity index (χ2n) is 6.68. The molecule has 1 aromatic heterocycles. The normalized spacial score (nSPS) is 17.9. The first kappa shape index (κ1) is 19.7. The molecule has 0 fully saturated rings. The first-order valence-electron chi connectivity index (χ1n) is 8.97. The number of rotatable bonds is 4. The summed E-state index contributed by atoms with van der Waals surface area (Å²) < 4.78 is 20.7. The fourth-order valence-corrected chi connectivity index (χ4v) is 4.64. The number of anilines is 1. The standard InChI is InChI=1S/C21H19ClFN3O2S/c1-12-3-10-18-26(12)25-19(13-4-7-15(28-2)8-5-13)20(29-18)21(27)24-14-6-9-17(23)16(22)11-14/h3-11,19-20,25H,1-2H3,(H,24,27). The van der Waals surface area contributed by atoms with Gasteiger partial charge in [-0.25, -0.2) is 4.39 Å². The van der Waals surface area contributed by atoms with Gasteiger partial charge in [-0.15, -0.1) is 0 Å². The molecular weight excluding hydrogens is 413 g/mol. The van der Waals surface area contributed by atoms with Crippen molar-refractivity contribution in [2.24, 2.45) is 0 Å². The van der Waals surface area contributed by atoms with Crippen molar-refractivity contribution >= 4 is 35.0 Å². The number of thioether (sulfide) groups is 1. The van der Waals surface area contributed by atoms with Crippen molar-refractivity contribution in [3.8, 4) is 5.75 Å². The van der Waals surface area contributed by atoms with Crippen molar-refractivity contribution in [2.45, 2.75) is 23.2 Å². The number of aryl methyl sites for hydroxylation is 1. The molecule has 8 heteroatoms. The molecule has 2 aromatic carbocycles. The highest BCUT2D eigenvalue weighted by molar-refractivity contribution is 8.00. The molecule has 2 atom stereocenters. The number of fused-ring (bicyclic) bond motifs is 1. The predicted molar refractivity (Wildman–Crippen MR) is 114 cm³/mol. The van der Waals surface area contributed by atoms with E-state index in [1.165, 1.54) is 30.0 Å². The maximum atomic E-state index is 13.4. The van der Waals surface area contributed by atoms with Crippen molar-refractivity contribution in [2.75, 3.05) is 17.9 Å².